The van der Waals surface area contributed by atoms with Gasteiger partial charge in [-0.25, -0.2) is 19.2 Å². The van der Waals surface area contributed by atoms with Gasteiger partial charge in [-0.05, 0) is 18.6 Å². The molecular formula is C14H14FN5O2. The van der Waals surface area contributed by atoms with E-state index in [0.717, 1.165) is 25.6 Å². The molecule has 2 aromatic rings. The van der Waals surface area contributed by atoms with Crippen molar-refractivity contribution in [3.63, 3.8) is 0 Å². The van der Waals surface area contributed by atoms with Crippen molar-refractivity contribution in [1.82, 2.24) is 14.9 Å². The lowest BCUT2D eigenvalue weighted by Crippen LogP contribution is -2.44. The maximum atomic E-state index is 13.7. The molecule has 3 N–H and O–H groups in total. The van der Waals surface area contributed by atoms with Gasteiger partial charge in [0.1, 0.15) is 12.1 Å². The Hall–Kier alpha value is -2.90. The molecule has 1 saturated heterocycles. The van der Waals surface area contributed by atoms with E-state index in [0.29, 0.717) is 5.69 Å². The van der Waals surface area contributed by atoms with Crippen molar-refractivity contribution in [2.24, 2.45) is 0 Å². The second kappa shape index (κ2) is 5.84. The van der Waals surface area contributed by atoms with Crippen LogP contribution in [-0.4, -0.2) is 34.0 Å². The molecule has 1 aliphatic rings. The summed E-state index contributed by atoms with van der Waals surface area (Å²) in [5, 5.41) is 2.64. The van der Waals surface area contributed by atoms with Crippen molar-refractivity contribution in [2.75, 3.05) is 24.1 Å². The van der Waals surface area contributed by atoms with Gasteiger partial charge < -0.3 is 15.4 Å². The van der Waals surface area contributed by atoms with Crippen molar-refractivity contribution in [1.29, 1.82) is 0 Å². The summed E-state index contributed by atoms with van der Waals surface area (Å²) in [7, 11) is 0. The van der Waals surface area contributed by atoms with E-state index in [9.17, 15) is 9.18 Å². The maximum Gasteiger partial charge on any atom is 0.323 e. The lowest BCUT2D eigenvalue weighted by molar-refractivity contribution is 0.181. The number of amides is 2. The Kier molecular flexibility index (Phi) is 3.73. The molecule has 2 amide bonds. The third-order valence-electron chi connectivity index (χ3n) is 3.19. The number of carbonyl (C=O) groups is 1. The number of benzene rings is 1. The molecule has 1 aromatic carbocycles. The zero-order valence-electron chi connectivity index (χ0n) is 11.6. The number of halogens is 1. The minimum atomic E-state index is -0.593. The van der Waals surface area contributed by atoms with Crippen LogP contribution in [0.5, 0.6) is 11.6 Å². The molecular weight excluding hydrogens is 289 g/mol. The first-order valence-corrected chi connectivity index (χ1v) is 6.73. The Labute approximate surface area is 125 Å². The minimum Gasteiger partial charge on any atom is -0.436 e. The number of urea groups is 1. The van der Waals surface area contributed by atoms with Crippen LogP contribution in [0.2, 0.25) is 0 Å². The van der Waals surface area contributed by atoms with Crippen molar-refractivity contribution < 1.29 is 13.9 Å². The third-order valence-corrected chi connectivity index (χ3v) is 3.19. The molecule has 0 aliphatic carbocycles. The quantitative estimate of drug-likeness (QED) is 0.848. The van der Waals surface area contributed by atoms with Gasteiger partial charge in [0.05, 0.1) is 0 Å². The number of nitrogen functional groups attached to an aromatic ring is 1. The van der Waals surface area contributed by atoms with Crippen molar-refractivity contribution in [3.8, 4) is 11.6 Å². The predicted octanol–water partition coefficient (Wildman–Crippen LogP) is 2.23. The summed E-state index contributed by atoms with van der Waals surface area (Å²) in [6.07, 6.45) is 2.23. The SMILES string of the molecule is Nc1ccc(Oc2cc(NC(=O)N3CCC3)ncn2)c(F)c1. The van der Waals surface area contributed by atoms with Gasteiger partial charge in [0.2, 0.25) is 5.88 Å². The molecule has 0 spiro atoms. The van der Waals surface area contributed by atoms with Crippen LogP contribution in [0.3, 0.4) is 0 Å². The van der Waals surface area contributed by atoms with Crippen LogP contribution >= 0.6 is 0 Å². The normalized spacial score (nSPS) is 13.4. The highest BCUT2D eigenvalue weighted by Crippen LogP contribution is 2.25. The summed E-state index contributed by atoms with van der Waals surface area (Å²) in [5.41, 5.74) is 5.77. The Morgan fingerprint density at radius 3 is 2.82 bits per heavy atom. The zero-order chi connectivity index (χ0) is 15.5. The monoisotopic (exact) mass is 303 g/mol. The fourth-order valence-electron chi connectivity index (χ4n) is 1.88. The molecule has 2 heterocycles. The molecule has 1 fully saturated rings. The van der Waals surface area contributed by atoms with Crippen LogP contribution in [0.4, 0.5) is 20.7 Å². The fourth-order valence-corrected chi connectivity index (χ4v) is 1.88. The predicted molar refractivity (Wildman–Crippen MR) is 78.1 cm³/mol. The number of nitrogens with zero attached hydrogens (tertiary/aromatic N) is 3. The minimum absolute atomic E-state index is 0.00656. The molecule has 1 aromatic heterocycles. The molecule has 3 rings (SSSR count). The standard InChI is InChI=1S/C14H14FN5O2/c15-10-6-9(16)2-3-11(10)22-13-7-12(17-8-18-13)19-14(21)20-4-1-5-20/h2-3,6-8H,1,4-5,16H2,(H,17,18,19,21). The number of aromatic nitrogens is 2. The number of likely N-dealkylation sites (tertiary alicyclic amines) is 1. The number of nitrogens with one attached hydrogen (secondary N) is 1. The van der Waals surface area contributed by atoms with Crippen molar-refractivity contribution >= 4 is 17.5 Å². The van der Waals surface area contributed by atoms with Gasteiger partial charge in [0.15, 0.2) is 11.6 Å². The van der Waals surface area contributed by atoms with Gasteiger partial charge >= 0.3 is 6.03 Å². The van der Waals surface area contributed by atoms with Gasteiger partial charge in [-0.2, -0.15) is 0 Å². The number of rotatable bonds is 3. The molecule has 114 valence electrons. The van der Waals surface area contributed by atoms with Gasteiger partial charge in [-0.3, -0.25) is 5.32 Å². The summed E-state index contributed by atoms with van der Waals surface area (Å²) in [6, 6.07) is 5.28. The average molecular weight is 303 g/mol. The lowest BCUT2D eigenvalue weighted by atomic mass is 10.2. The molecule has 1 aliphatic heterocycles. The van der Waals surface area contributed by atoms with Crippen LogP contribution in [0.25, 0.3) is 0 Å². The topological polar surface area (TPSA) is 93.4 Å². The summed E-state index contributed by atoms with van der Waals surface area (Å²) < 4.78 is 19.0. The van der Waals surface area contributed by atoms with E-state index in [1.165, 1.54) is 24.5 Å². The molecule has 0 bridgehead atoms. The summed E-state index contributed by atoms with van der Waals surface area (Å²) in [5.74, 6) is -0.187. The van der Waals surface area contributed by atoms with Crippen LogP contribution in [0.1, 0.15) is 6.42 Å². The second-order valence-electron chi connectivity index (χ2n) is 4.80. The summed E-state index contributed by atoms with van der Waals surface area (Å²) in [4.78, 5) is 21.3. The van der Waals surface area contributed by atoms with E-state index in [2.05, 4.69) is 15.3 Å². The molecule has 0 saturated carbocycles. The van der Waals surface area contributed by atoms with Gasteiger partial charge in [0.25, 0.3) is 0 Å². The smallest absolute Gasteiger partial charge is 0.323 e. The number of hydrogen-bond donors (Lipinski definition) is 2. The summed E-state index contributed by atoms with van der Waals surface area (Å²) >= 11 is 0. The first-order valence-electron chi connectivity index (χ1n) is 6.73. The van der Waals surface area contributed by atoms with Crippen LogP contribution in [-0.2, 0) is 0 Å². The molecule has 8 heteroatoms. The molecule has 0 atom stereocenters. The number of carbonyl (C=O) groups excluding carboxylic acids is 1. The summed E-state index contributed by atoms with van der Waals surface area (Å²) in [6.45, 7) is 1.47. The van der Waals surface area contributed by atoms with Crippen LogP contribution in [0, 0.1) is 5.82 Å². The van der Waals surface area contributed by atoms with E-state index in [4.69, 9.17) is 10.5 Å². The second-order valence-corrected chi connectivity index (χ2v) is 4.80. The first-order chi connectivity index (χ1) is 10.6. The molecule has 0 unspecified atom stereocenters. The van der Waals surface area contributed by atoms with Gasteiger partial charge in [0, 0.05) is 30.9 Å². The highest BCUT2D eigenvalue weighted by Gasteiger charge is 2.20. The fraction of sp³-hybridized carbons (Fsp3) is 0.214. The van der Waals surface area contributed by atoms with Crippen molar-refractivity contribution in [3.05, 3.63) is 36.4 Å². The van der Waals surface area contributed by atoms with Gasteiger partial charge in [-0.15, -0.1) is 0 Å². The van der Waals surface area contributed by atoms with E-state index in [1.807, 2.05) is 0 Å². The Bertz CT molecular complexity index is 705. The first kappa shape index (κ1) is 14.1. The highest BCUT2D eigenvalue weighted by molar-refractivity contribution is 5.88. The molecule has 0 radical (unpaired) electrons. The third kappa shape index (κ3) is 3.05. The van der Waals surface area contributed by atoms with E-state index >= 15 is 0 Å². The maximum absolute atomic E-state index is 13.7. The lowest BCUT2D eigenvalue weighted by Gasteiger charge is -2.30. The molecule has 22 heavy (non-hydrogen) atoms. The number of nitrogens with two attached hydrogens (primary N) is 1. The van der Waals surface area contributed by atoms with Crippen molar-refractivity contribution in [2.45, 2.75) is 6.42 Å². The largest absolute Gasteiger partial charge is 0.436 e. The number of ether oxygens (including phenoxy) is 1. The Balaban J connectivity index is 1.71. The average Bonchev–Trinajstić information content (AvgIpc) is 2.40. The number of hydrogen-bond acceptors (Lipinski definition) is 5. The van der Waals surface area contributed by atoms with E-state index in [1.54, 1.807) is 4.90 Å². The Morgan fingerprint density at radius 2 is 2.14 bits per heavy atom. The van der Waals surface area contributed by atoms with Gasteiger partial charge in [-0.1, -0.05) is 0 Å². The van der Waals surface area contributed by atoms with E-state index in [-0.39, 0.29) is 23.5 Å². The zero-order valence-corrected chi connectivity index (χ0v) is 11.6. The Morgan fingerprint density at radius 1 is 1.32 bits per heavy atom. The van der Waals surface area contributed by atoms with Crippen LogP contribution in [0.15, 0.2) is 30.6 Å². The molecule has 7 nitrogen and oxygen atoms in total. The number of anilines is 2. The highest BCUT2D eigenvalue weighted by atomic mass is 19.1. The van der Waals surface area contributed by atoms with Crippen LogP contribution < -0.4 is 15.8 Å². The van der Waals surface area contributed by atoms with E-state index < -0.39 is 5.82 Å².